The molecule has 3 heterocycles. The van der Waals surface area contributed by atoms with Crippen LogP contribution in [0.5, 0.6) is 5.88 Å². The zero-order chi connectivity index (χ0) is 28.0. The third-order valence-electron chi connectivity index (χ3n) is 9.98. The largest absolute Gasteiger partial charge is 0.478 e. The maximum absolute atomic E-state index is 11.8. The number of aryl methyl sites for hydroxylation is 1. The predicted octanol–water partition coefficient (Wildman–Crippen LogP) is 6.64. The number of nitrogens with zero attached hydrogens (tertiary/aromatic N) is 3. The number of carboxylic acid groups (broad SMARTS) is 1. The maximum Gasteiger partial charge on any atom is 0.335 e. The molecule has 2 aromatic carbocycles. The summed E-state index contributed by atoms with van der Waals surface area (Å²) in [4.78, 5) is 22.0. The molecule has 2 bridgehead atoms. The number of hydrogen-bond acceptors (Lipinski definition) is 5. The highest BCUT2D eigenvalue weighted by atomic mass is 16.5. The van der Waals surface area contributed by atoms with Crippen molar-refractivity contribution in [3.63, 3.8) is 0 Å². The molecule has 0 unspecified atom stereocenters. The number of carboxylic acids is 1. The minimum atomic E-state index is -0.901. The second-order valence-corrected chi connectivity index (χ2v) is 12.5. The van der Waals surface area contributed by atoms with E-state index in [1.54, 1.807) is 12.1 Å². The van der Waals surface area contributed by atoms with Gasteiger partial charge in [-0.1, -0.05) is 36.4 Å². The molecule has 212 valence electrons. The van der Waals surface area contributed by atoms with Crippen LogP contribution >= 0.6 is 0 Å². The van der Waals surface area contributed by atoms with Gasteiger partial charge >= 0.3 is 5.97 Å². The van der Waals surface area contributed by atoms with Gasteiger partial charge in [-0.15, -0.1) is 0 Å². The molecule has 1 aliphatic heterocycles. The first-order valence-electron chi connectivity index (χ1n) is 14.9. The van der Waals surface area contributed by atoms with Gasteiger partial charge in [0.25, 0.3) is 0 Å². The van der Waals surface area contributed by atoms with E-state index in [4.69, 9.17) is 19.4 Å². The molecule has 4 fully saturated rings. The monoisotopic (exact) mass is 551 g/mol. The fourth-order valence-corrected chi connectivity index (χ4v) is 7.31. The van der Waals surface area contributed by atoms with Crippen LogP contribution in [0, 0.1) is 12.3 Å². The summed E-state index contributed by atoms with van der Waals surface area (Å²) in [7, 11) is 0. The van der Waals surface area contributed by atoms with Gasteiger partial charge in [0.15, 0.2) is 0 Å². The lowest BCUT2D eigenvalue weighted by atomic mass is 9.52. The standard InChI is InChI=1S/C34H37N3O4/c1-23-18-25(32(38)39)19-27-31(23)36-29(37(27)21-26-10-17-40-26)20-33-11-14-34(15-12-33,16-13-33)28-8-5-9-30(35-28)41-22-24-6-3-2-4-7-24/h2-9,18-19,26H,10-17,20-22H2,1H3,(H,38,39)/t26-,33?,34?/m0/s1. The summed E-state index contributed by atoms with van der Waals surface area (Å²) in [5.74, 6) is 0.873. The van der Waals surface area contributed by atoms with Gasteiger partial charge < -0.3 is 19.1 Å². The quantitative estimate of drug-likeness (QED) is 0.251. The molecule has 0 amide bonds. The van der Waals surface area contributed by atoms with E-state index in [0.717, 1.165) is 92.5 Å². The average molecular weight is 552 g/mol. The highest BCUT2D eigenvalue weighted by Crippen LogP contribution is 2.58. The van der Waals surface area contributed by atoms with E-state index in [-0.39, 0.29) is 16.9 Å². The molecule has 7 heteroatoms. The SMILES string of the molecule is Cc1cc(C(=O)O)cc2c1nc(CC13CCC(c4cccc(OCc5ccccc5)n4)(CC1)CC3)n2C[C@@H]1CCO1. The van der Waals surface area contributed by atoms with Crippen molar-refractivity contribution in [3.8, 4) is 5.88 Å². The zero-order valence-corrected chi connectivity index (χ0v) is 23.6. The van der Waals surface area contributed by atoms with E-state index in [9.17, 15) is 9.90 Å². The lowest BCUT2D eigenvalue weighted by molar-refractivity contribution is -0.0594. The number of benzene rings is 2. The van der Waals surface area contributed by atoms with Crippen LogP contribution in [0.3, 0.4) is 0 Å². The van der Waals surface area contributed by atoms with Crippen molar-refractivity contribution < 1.29 is 19.4 Å². The van der Waals surface area contributed by atoms with Gasteiger partial charge in [-0.05, 0) is 86.6 Å². The Balaban J connectivity index is 1.11. The molecule has 1 atom stereocenters. The fourth-order valence-electron chi connectivity index (χ4n) is 7.31. The number of pyridine rings is 1. The summed E-state index contributed by atoms with van der Waals surface area (Å²) in [5, 5.41) is 9.70. The highest BCUT2D eigenvalue weighted by molar-refractivity contribution is 5.94. The Bertz CT molecular complexity index is 1570. The number of rotatable bonds is 9. The lowest BCUT2D eigenvalue weighted by Gasteiger charge is -2.53. The first-order chi connectivity index (χ1) is 19.9. The molecule has 1 saturated heterocycles. The third-order valence-corrected chi connectivity index (χ3v) is 9.98. The van der Waals surface area contributed by atoms with Gasteiger partial charge in [-0.3, -0.25) is 0 Å². The Hall–Kier alpha value is -3.71. The summed E-state index contributed by atoms with van der Waals surface area (Å²) in [5.41, 5.74) is 5.70. The van der Waals surface area contributed by atoms with Gasteiger partial charge in [0, 0.05) is 24.5 Å². The summed E-state index contributed by atoms with van der Waals surface area (Å²) in [6.07, 6.45) is 8.92. The summed E-state index contributed by atoms with van der Waals surface area (Å²) in [6, 6.07) is 20.0. The van der Waals surface area contributed by atoms with Crippen LogP contribution in [-0.2, 0) is 29.7 Å². The first-order valence-corrected chi connectivity index (χ1v) is 14.9. The number of aromatic nitrogens is 3. The summed E-state index contributed by atoms with van der Waals surface area (Å²) in [6.45, 7) is 4.01. The molecule has 3 saturated carbocycles. The van der Waals surface area contributed by atoms with Crippen LogP contribution in [0.4, 0.5) is 0 Å². The summed E-state index contributed by atoms with van der Waals surface area (Å²) >= 11 is 0. The average Bonchev–Trinajstić information content (AvgIpc) is 3.32. The fraction of sp³-hybridized carbons (Fsp3) is 0.441. The van der Waals surface area contributed by atoms with Gasteiger partial charge in [0.1, 0.15) is 12.4 Å². The van der Waals surface area contributed by atoms with Crippen molar-refractivity contribution in [2.75, 3.05) is 6.61 Å². The van der Waals surface area contributed by atoms with Crippen LogP contribution in [0.15, 0.2) is 60.7 Å². The molecule has 3 aliphatic carbocycles. The molecular weight excluding hydrogens is 514 g/mol. The topological polar surface area (TPSA) is 86.5 Å². The van der Waals surface area contributed by atoms with E-state index < -0.39 is 5.97 Å². The van der Waals surface area contributed by atoms with Crippen LogP contribution in [0.2, 0.25) is 0 Å². The number of carbonyl (C=O) groups is 1. The van der Waals surface area contributed by atoms with Gasteiger partial charge in [-0.2, -0.15) is 0 Å². The normalized spacial score (nSPS) is 25.2. The Labute approximate surface area is 240 Å². The van der Waals surface area contributed by atoms with E-state index in [0.29, 0.717) is 18.1 Å². The van der Waals surface area contributed by atoms with Gasteiger partial charge in [-0.25, -0.2) is 14.8 Å². The Morgan fingerprint density at radius 1 is 1.02 bits per heavy atom. The molecule has 4 aromatic rings. The van der Waals surface area contributed by atoms with Crippen molar-refractivity contribution in [1.82, 2.24) is 14.5 Å². The van der Waals surface area contributed by atoms with Crippen molar-refractivity contribution >= 4 is 17.0 Å². The van der Waals surface area contributed by atoms with E-state index in [2.05, 4.69) is 28.8 Å². The summed E-state index contributed by atoms with van der Waals surface area (Å²) < 4.78 is 14.1. The minimum Gasteiger partial charge on any atom is -0.478 e. The van der Waals surface area contributed by atoms with E-state index >= 15 is 0 Å². The van der Waals surface area contributed by atoms with Gasteiger partial charge in [0.2, 0.25) is 5.88 Å². The molecule has 41 heavy (non-hydrogen) atoms. The number of aromatic carboxylic acids is 1. The second kappa shape index (κ2) is 10.3. The lowest BCUT2D eigenvalue weighted by Crippen LogP contribution is -2.46. The predicted molar refractivity (Wildman–Crippen MR) is 156 cm³/mol. The molecule has 2 aromatic heterocycles. The Morgan fingerprint density at radius 3 is 2.46 bits per heavy atom. The number of fused-ring (bicyclic) bond motifs is 4. The third kappa shape index (κ3) is 4.90. The van der Waals surface area contributed by atoms with Crippen LogP contribution in [0.1, 0.15) is 77.9 Å². The maximum atomic E-state index is 11.8. The van der Waals surface area contributed by atoms with E-state index in [1.165, 1.54) is 5.69 Å². The Morgan fingerprint density at radius 2 is 1.78 bits per heavy atom. The van der Waals surface area contributed by atoms with Crippen LogP contribution in [0.25, 0.3) is 11.0 Å². The number of hydrogen-bond donors (Lipinski definition) is 1. The minimum absolute atomic E-state index is 0.112. The number of imidazole rings is 1. The van der Waals surface area contributed by atoms with Gasteiger partial charge in [0.05, 0.1) is 34.9 Å². The molecule has 1 N–H and O–H groups in total. The first kappa shape index (κ1) is 26.2. The Kier molecular flexibility index (Phi) is 6.57. The molecule has 4 aliphatic rings. The van der Waals surface area contributed by atoms with Crippen molar-refractivity contribution in [2.24, 2.45) is 5.41 Å². The van der Waals surface area contributed by atoms with Crippen molar-refractivity contribution in [2.45, 2.75) is 83.0 Å². The second-order valence-electron chi connectivity index (χ2n) is 12.5. The zero-order valence-electron chi connectivity index (χ0n) is 23.6. The molecule has 7 nitrogen and oxygen atoms in total. The van der Waals surface area contributed by atoms with Crippen molar-refractivity contribution in [1.29, 1.82) is 0 Å². The smallest absolute Gasteiger partial charge is 0.335 e. The van der Waals surface area contributed by atoms with Crippen LogP contribution < -0.4 is 4.74 Å². The highest BCUT2D eigenvalue weighted by Gasteiger charge is 2.50. The molecule has 8 rings (SSSR count). The molecule has 0 radical (unpaired) electrons. The molecular formula is C34H37N3O4. The van der Waals surface area contributed by atoms with Crippen LogP contribution in [-0.4, -0.2) is 38.3 Å². The molecule has 0 spiro atoms. The van der Waals surface area contributed by atoms with E-state index in [1.807, 2.05) is 31.2 Å². The number of ether oxygens (including phenoxy) is 2. The van der Waals surface area contributed by atoms with Crippen molar-refractivity contribution in [3.05, 3.63) is 88.9 Å².